The van der Waals surface area contributed by atoms with Gasteiger partial charge in [0.2, 0.25) is 11.8 Å². The Morgan fingerprint density at radius 3 is 2.68 bits per heavy atom. The Bertz CT molecular complexity index is 1320. The molecule has 4 aliphatic rings. The highest BCUT2D eigenvalue weighted by molar-refractivity contribution is 6.31. The number of allylic oxidation sites excluding steroid dienone is 1. The number of hydrogen-bond acceptors (Lipinski definition) is 10. The van der Waals surface area contributed by atoms with Crippen molar-refractivity contribution in [1.29, 1.82) is 0 Å². The second-order valence-electron chi connectivity index (χ2n) is 12.4. The minimum Gasteiger partial charge on any atom is -0.487 e. The van der Waals surface area contributed by atoms with Gasteiger partial charge in [-0.2, -0.15) is 5.01 Å². The molecule has 5 rings (SSSR count). The topological polar surface area (TPSA) is 145 Å². The van der Waals surface area contributed by atoms with Crippen molar-refractivity contribution in [1.82, 2.24) is 25.4 Å². The average Bonchev–Trinajstić information content (AvgIpc) is 3.60. The molecule has 0 bridgehead atoms. The molecular weight excluding hydrogens is 596 g/mol. The second kappa shape index (κ2) is 13.0. The molecule has 12 nitrogen and oxygen atoms in total. The summed E-state index contributed by atoms with van der Waals surface area (Å²) in [5.74, 6) is 5.65. The van der Waals surface area contributed by atoms with E-state index in [9.17, 15) is 18.4 Å². The predicted octanol–water partition coefficient (Wildman–Crippen LogP) is 3.35. The number of hydrazine groups is 2. The van der Waals surface area contributed by atoms with Gasteiger partial charge in [-0.05, 0) is 43.4 Å². The first-order valence-corrected chi connectivity index (χ1v) is 15.5. The van der Waals surface area contributed by atoms with Gasteiger partial charge in [-0.25, -0.2) is 20.2 Å². The molecule has 4 atom stereocenters. The smallest absolute Gasteiger partial charge is 0.281 e. The summed E-state index contributed by atoms with van der Waals surface area (Å²) in [5.41, 5.74) is 9.14. The highest BCUT2D eigenvalue weighted by atomic mass is 35.5. The molecule has 44 heavy (non-hydrogen) atoms. The van der Waals surface area contributed by atoms with E-state index in [1.807, 2.05) is 17.0 Å². The summed E-state index contributed by atoms with van der Waals surface area (Å²) < 4.78 is 33.4. The Morgan fingerprint density at radius 2 is 2.05 bits per heavy atom. The van der Waals surface area contributed by atoms with Crippen LogP contribution in [-0.2, 0) is 16.0 Å². The molecule has 242 valence electrons. The fourth-order valence-corrected chi connectivity index (χ4v) is 7.61. The van der Waals surface area contributed by atoms with Crippen molar-refractivity contribution in [2.45, 2.75) is 70.5 Å². The molecule has 0 aromatic heterocycles. The van der Waals surface area contributed by atoms with Crippen molar-refractivity contribution in [2.24, 2.45) is 33.2 Å². The number of benzene rings is 1. The van der Waals surface area contributed by atoms with Crippen LogP contribution in [0.1, 0.15) is 62.6 Å². The zero-order valence-corrected chi connectivity index (χ0v) is 26.2. The van der Waals surface area contributed by atoms with Crippen LogP contribution in [0.3, 0.4) is 0 Å². The quantitative estimate of drug-likeness (QED) is 0.276. The SMILES string of the molecule is CN(N)/C(=C(\N)COc1ccc(Cl)c2c1[C@@H](CN1CCCC1=O)N(C(=O)[C@@H]1CCCC[C@]1(C)C1N=NNN1C)CC2)C(F)F. The summed E-state index contributed by atoms with van der Waals surface area (Å²) in [5, 5.41) is 11.6. The molecular formula is C29H42ClF2N9O3. The lowest BCUT2D eigenvalue weighted by atomic mass is 9.64. The molecule has 1 aromatic rings. The number of hydrogen-bond donors (Lipinski definition) is 3. The third-order valence-electron chi connectivity index (χ3n) is 9.60. The molecule has 2 amide bonds. The standard InChI is InChI=1S/C29H42ClF2N9O3/c1-29(28-35-36-37-39(28)3)12-5-4-7-18(29)27(43)41-14-11-17-19(30)9-10-22(44-16-20(33)25(26(31)32)38(2)34)24(17)21(41)15-40-13-6-8-23(40)42/h9-10,18,21,26,28H,4-8,11-16,33-34H2,1-3H3,(H,35,37)/b25-20-/t18-,21+,28?,29-/m0/s1. The van der Waals surface area contributed by atoms with Gasteiger partial charge in [-0.15, -0.1) is 5.11 Å². The fraction of sp³-hybridized carbons (Fsp3) is 0.655. The maximum atomic E-state index is 14.7. The van der Waals surface area contributed by atoms with Crippen molar-refractivity contribution < 1.29 is 23.1 Å². The van der Waals surface area contributed by atoms with E-state index in [4.69, 9.17) is 27.9 Å². The van der Waals surface area contributed by atoms with E-state index in [2.05, 4.69) is 22.8 Å². The lowest BCUT2D eigenvalue weighted by Gasteiger charge is -2.48. The Kier molecular flexibility index (Phi) is 9.52. The van der Waals surface area contributed by atoms with Crippen LogP contribution in [0.15, 0.2) is 33.9 Å². The zero-order chi connectivity index (χ0) is 31.8. The predicted molar refractivity (Wildman–Crippen MR) is 160 cm³/mol. The van der Waals surface area contributed by atoms with Crippen LogP contribution in [-0.4, -0.2) is 84.6 Å². The molecule has 1 saturated heterocycles. The number of nitrogens with two attached hydrogens (primary N) is 2. The van der Waals surface area contributed by atoms with E-state index in [-0.39, 0.29) is 42.7 Å². The summed E-state index contributed by atoms with van der Waals surface area (Å²) in [6.45, 7) is 3.00. The monoisotopic (exact) mass is 637 g/mol. The van der Waals surface area contributed by atoms with E-state index in [0.29, 0.717) is 48.7 Å². The van der Waals surface area contributed by atoms with Gasteiger partial charge in [-0.3, -0.25) is 9.59 Å². The number of amides is 2. The highest BCUT2D eigenvalue weighted by Gasteiger charge is 2.52. The molecule has 1 aromatic carbocycles. The third-order valence-corrected chi connectivity index (χ3v) is 9.95. The normalized spacial score (nSPS) is 27.8. The van der Waals surface area contributed by atoms with E-state index >= 15 is 0 Å². The molecule has 0 spiro atoms. The van der Waals surface area contributed by atoms with E-state index in [1.54, 1.807) is 17.0 Å². The molecule has 1 unspecified atom stereocenters. The maximum Gasteiger partial charge on any atom is 0.281 e. The van der Waals surface area contributed by atoms with Gasteiger partial charge < -0.3 is 25.3 Å². The molecule has 3 heterocycles. The molecule has 2 fully saturated rings. The third kappa shape index (κ3) is 6.03. The minimum atomic E-state index is -2.90. The van der Waals surface area contributed by atoms with Crippen LogP contribution in [0, 0.1) is 11.3 Å². The fourth-order valence-electron chi connectivity index (χ4n) is 7.35. The van der Waals surface area contributed by atoms with E-state index in [1.165, 1.54) is 7.05 Å². The Morgan fingerprint density at radius 1 is 1.27 bits per heavy atom. The van der Waals surface area contributed by atoms with Crippen molar-refractivity contribution >= 4 is 23.4 Å². The van der Waals surface area contributed by atoms with Gasteiger partial charge in [0, 0.05) is 62.1 Å². The van der Waals surface area contributed by atoms with Crippen molar-refractivity contribution in [2.75, 3.05) is 40.3 Å². The van der Waals surface area contributed by atoms with Crippen molar-refractivity contribution in [3.63, 3.8) is 0 Å². The second-order valence-corrected chi connectivity index (χ2v) is 12.8. The average molecular weight is 638 g/mol. The highest BCUT2D eigenvalue weighted by Crippen LogP contribution is 2.49. The summed E-state index contributed by atoms with van der Waals surface area (Å²) in [7, 11) is 3.16. The summed E-state index contributed by atoms with van der Waals surface area (Å²) in [6.07, 6.45) is 1.87. The summed E-state index contributed by atoms with van der Waals surface area (Å²) >= 11 is 6.71. The van der Waals surface area contributed by atoms with Crippen molar-refractivity contribution in [3.8, 4) is 5.75 Å². The molecule has 5 N–H and O–H groups in total. The Balaban J connectivity index is 1.53. The Labute approximate surface area is 261 Å². The number of alkyl halides is 2. The number of nitrogens with zero attached hydrogens (tertiary/aromatic N) is 6. The molecule has 1 aliphatic carbocycles. The lowest BCUT2D eigenvalue weighted by Crippen LogP contribution is -2.56. The zero-order valence-electron chi connectivity index (χ0n) is 25.4. The molecule has 3 aliphatic heterocycles. The molecule has 15 heteroatoms. The number of halogens is 3. The maximum absolute atomic E-state index is 14.7. The number of nitrogens with one attached hydrogen (secondary N) is 1. The van der Waals surface area contributed by atoms with Crippen LogP contribution >= 0.6 is 11.6 Å². The van der Waals surface area contributed by atoms with Gasteiger partial charge in [0.1, 0.15) is 24.2 Å². The molecule has 0 radical (unpaired) electrons. The first kappa shape index (κ1) is 32.2. The van der Waals surface area contributed by atoms with Crippen LogP contribution < -0.4 is 21.8 Å². The number of ether oxygens (including phenoxy) is 1. The van der Waals surface area contributed by atoms with Crippen LogP contribution in [0.2, 0.25) is 5.02 Å². The van der Waals surface area contributed by atoms with Gasteiger partial charge in [0.05, 0.1) is 11.7 Å². The van der Waals surface area contributed by atoms with Crippen molar-refractivity contribution in [3.05, 3.63) is 39.7 Å². The summed E-state index contributed by atoms with van der Waals surface area (Å²) in [4.78, 5) is 31.2. The van der Waals surface area contributed by atoms with Crippen LogP contribution in [0.4, 0.5) is 8.78 Å². The number of fused-ring (bicyclic) bond motifs is 1. The first-order valence-electron chi connectivity index (χ1n) is 15.1. The van der Waals surface area contributed by atoms with Gasteiger partial charge in [0.15, 0.2) is 0 Å². The van der Waals surface area contributed by atoms with Gasteiger partial charge >= 0.3 is 0 Å². The molecule has 1 saturated carbocycles. The number of carbonyl (C=O) groups is 2. The first-order chi connectivity index (χ1) is 20.9. The minimum absolute atomic E-state index is 0.0138. The van der Waals surface area contributed by atoms with Crippen LogP contribution in [0.5, 0.6) is 5.75 Å². The number of carbonyl (C=O) groups excluding carboxylic acids is 2. The van der Waals surface area contributed by atoms with E-state index < -0.39 is 23.6 Å². The largest absolute Gasteiger partial charge is 0.487 e. The Hall–Kier alpha value is -3.23. The van der Waals surface area contributed by atoms with Gasteiger partial charge in [0.25, 0.3) is 6.43 Å². The lowest BCUT2D eigenvalue weighted by molar-refractivity contribution is -0.149. The number of rotatable bonds is 9. The summed E-state index contributed by atoms with van der Waals surface area (Å²) in [6, 6.07) is 2.80. The number of likely N-dealkylation sites (tertiary alicyclic amines) is 1. The van der Waals surface area contributed by atoms with E-state index in [0.717, 1.165) is 36.3 Å². The van der Waals surface area contributed by atoms with Crippen LogP contribution in [0.25, 0.3) is 0 Å². The van der Waals surface area contributed by atoms with Gasteiger partial charge in [-0.1, -0.05) is 36.6 Å².